The Kier molecular flexibility index (Phi) is 5.33. The zero-order valence-electron chi connectivity index (χ0n) is 10.3. The number of benzene rings is 1. The van der Waals surface area contributed by atoms with Gasteiger partial charge in [0.2, 0.25) is 0 Å². The third-order valence-electron chi connectivity index (χ3n) is 2.63. The third kappa shape index (κ3) is 4.23. The lowest BCUT2D eigenvalue weighted by molar-refractivity contribution is -0.137. The number of hydrazine groups is 1. The molecule has 1 aromatic carbocycles. The van der Waals surface area contributed by atoms with Crippen LogP contribution < -0.4 is 11.3 Å². The molecule has 6 heteroatoms. The molecule has 1 atom stereocenters. The van der Waals surface area contributed by atoms with Gasteiger partial charge in [0.15, 0.2) is 0 Å². The Bertz CT molecular complexity index is 486. The van der Waals surface area contributed by atoms with Crippen LogP contribution in [0.25, 0.3) is 0 Å². The highest BCUT2D eigenvalue weighted by Crippen LogP contribution is 2.32. The molecule has 0 bridgehead atoms. The highest BCUT2D eigenvalue weighted by molar-refractivity contribution is 5.29. The molecule has 0 spiro atoms. The van der Waals surface area contributed by atoms with Gasteiger partial charge >= 0.3 is 6.18 Å². The second kappa shape index (κ2) is 6.55. The zero-order valence-corrected chi connectivity index (χ0v) is 10.3. The van der Waals surface area contributed by atoms with Crippen molar-refractivity contribution in [1.29, 1.82) is 0 Å². The molecule has 0 heterocycles. The molecule has 104 valence electrons. The van der Waals surface area contributed by atoms with Gasteiger partial charge < -0.3 is 0 Å². The van der Waals surface area contributed by atoms with Crippen molar-refractivity contribution in [2.45, 2.75) is 32.0 Å². The van der Waals surface area contributed by atoms with Crippen molar-refractivity contribution in [2.24, 2.45) is 5.84 Å². The molecule has 1 rings (SSSR count). The highest BCUT2D eigenvalue weighted by Gasteiger charge is 2.31. The number of alkyl halides is 3. The monoisotopic (exact) mass is 274 g/mol. The first-order valence-electron chi connectivity index (χ1n) is 5.62. The van der Waals surface area contributed by atoms with E-state index in [1.807, 2.05) is 0 Å². The molecule has 1 aromatic rings. The SMILES string of the molecule is CC#CCCC(NN)c1cc(C(F)(F)F)ccc1F. The molecule has 0 fully saturated rings. The molecule has 0 aliphatic carbocycles. The summed E-state index contributed by atoms with van der Waals surface area (Å²) in [7, 11) is 0. The minimum Gasteiger partial charge on any atom is -0.271 e. The third-order valence-corrected chi connectivity index (χ3v) is 2.63. The van der Waals surface area contributed by atoms with E-state index in [9.17, 15) is 17.6 Å². The molecule has 1 unspecified atom stereocenters. The van der Waals surface area contributed by atoms with E-state index < -0.39 is 23.6 Å². The Labute approximate surface area is 109 Å². The smallest absolute Gasteiger partial charge is 0.271 e. The number of nitrogens with two attached hydrogens (primary N) is 1. The Morgan fingerprint density at radius 3 is 2.58 bits per heavy atom. The van der Waals surface area contributed by atoms with Crippen LogP contribution >= 0.6 is 0 Å². The van der Waals surface area contributed by atoms with Crippen LogP contribution in [-0.2, 0) is 6.18 Å². The molecule has 0 aliphatic rings. The van der Waals surface area contributed by atoms with Crippen molar-refractivity contribution in [3.63, 3.8) is 0 Å². The first-order valence-corrected chi connectivity index (χ1v) is 5.62. The second-order valence-corrected chi connectivity index (χ2v) is 3.92. The van der Waals surface area contributed by atoms with Gasteiger partial charge in [-0.05, 0) is 31.5 Å². The molecular weight excluding hydrogens is 260 g/mol. The summed E-state index contributed by atoms with van der Waals surface area (Å²) >= 11 is 0. The number of rotatable bonds is 4. The van der Waals surface area contributed by atoms with Gasteiger partial charge in [-0.3, -0.25) is 11.3 Å². The molecule has 0 saturated carbocycles. The Balaban J connectivity index is 3.04. The van der Waals surface area contributed by atoms with Crippen LogP contribution in [0, 0.1) is 17.7 Å². The standard InChI is InChI=1S/C13H14F4N2/c1-2-3-4-5-12(19-18)10-8-9(13(15,16)17)6-7-11(10)14/h6-8,12,19H,4-5,18H2,1H3. The molecule has 2 nitrogen and oxygen atoms in total. The number of nitrogens with one attached hydrogen (secondary N) is 1. The average molecular weight is 274 g/mol. The zero-order chi connectivity index (χ0) is 14.5. The van der Waals surface area contributed by atoms with Crippen LogP contribution in [0.15, 0.2) is 18.2 Å². The summed E-state index contributed by atoms with van der Waals surface area (Å²) in [6.45, 7) is 1.65. The van der Waals surface area contributed by atoms with Crippen LogP contribution in [0.4, 0.5) is 17.6 Å². The Hall–Kier alpha value is -1.58. The van der Waals surface area contributed by atoms with Gasteiger partial charge in [-0.1, -0.05) is 0 Å². The summed E-state index contributed by atoms with van der Waals surface area (Å²) in [4.78, 5) is 0. The van der Waals surface area contributed by atoms with Crippen molar-refractivity contribution in [3.8, 4) is 11.8 Å². The maximum absolute atomic E-state index is 13.6. The highest BCUT2D eigenvalue weighted by atomic mass is 19.4. The first kappa shape index (κ1) is 15.5. The van der Waals surface area contributed by atoms with Crippen molar-refractivity contribution in [3.05, 3.63) is 35.1 Å². The normalized spacial score (nSPS) is 12.7. The molecule has 3 N–H and O–H groups in total. The van der Waals surface area contributed by atoms with E-state index in [4.69, 9.17) is 5.84 Å². The molecule has 0 aliphatic heterocycles. The van der Waals surface area contributed by atoms with E-state index in [1.165, 1.54) is 0 Å². The summed E-state index contributed by atoms with van der Waals surface area (Å²) in [5, 5.41) is 0. The van der Waals surface area contributed by atoms with E-state index in [-0.39, 0.29) is 5.56 Å². The largest absolute Gasteiger partial charge is 0.416 e. The van der Waals surface area contributed by atoms with Crippen molar-refractivity contribution in [2.75, 3.05) is 0 Å². The van der Waals surface area contributed by atoms with Gasteiger partial charge in [0.25, 0.3) is 0 Å². The van der Waals surface area contributed by atoms with E-state index in [1.54, 1.807) is 6.92 Å². The second-order valence-electron chi connectivity index (χ2n) is 3.92. The van der Waals surface area contributed by atoms with E-state index >= 15 is 0 Å². The molecule has 0 saturated heterocycles. The van der Waals surface area contributed by atoms with Gasteiger partial charge in [0.1, 0.15) is 5.82 Å². The number of hydrogen-bond acceptors (Lipinski definition) is 2. The van der Waals surface area contributed by atoms with E-state index in [2.05, 4.69) is 17.3 Å². The minimum absolute atomic E-state index is 0.102. The Morgan fingerprint density at radius 2 is 2.05 bits per heavy atom. The fourth-order valence-electron chi connectivity index (χ4n) is 1.66. The summed E-state index contributed by atoms with van der Waals surface area (Å²) in [5.41, 5.74) is 1.32. The first-order chi connectivity index (χ1) is 8.90. The maximum atomic E-state index is 13.6. The topological polar surface area (TPSA) is 38.0 Å². The minimum atomic E-state index is -4.51. The predicted molar refractivity (Wildman–Crippen MR) is 64.2 cm³/mol. The Morgan fingerprint density at radius 1 is 1.37 bits per heavy atom. The predicted octanol–water partition coefficient (Wildman–Crippen LogP) is 3.15. The van der Waals surface area contributed by atoms with Crippen molar-refractivity contribution >= 4 is 0 Å². The van der Waals surface area contributed by atoms with Crippen LogP contribution in [0.5, 0.6) is 0 Å². The number of halogens is 4. The van der Waals surface area contributed by atoms with Gasteiger partial charge in [-0.25, -0.2) is 4.39 Å². The van der Waals surface area contributed by atoms with Crippen LogP contribution in [0.1, 0.15) is 36.9 Å². The van der Waals surface area contributed by atoms with Crippen LogP contribution in [0.2, 0.25) is 0 Å². The fraction of sp³-hybridized carbons (Fsp3) is 0.385. The molecule has 0 radical (unpaired) electrons. The van der Waals surface area contributed by atoms with Gasteiger partial charge in [0, 0.05) is 18.0 Å². The van der Waals surface area contributed by atoms with Gasteiger partial charge in [-0.15, -0.1) is 11.8 Å². The lowest BCUT2D eigenvalue weighted by Gasteiger charge is -2.17. The average Bonchev–Trinajstić information content (AvgIpc) is 2.34. The summed E-state index contributed by atoms with van der Waals surface area (Å²) < 4.78 is 51.3. The summed E-state index contributed by atoms with van der Waals surface area (Å²) in [5.74, 6) is 9.96. The van der Waals surface area contributed by atoms with Gasteiger partial charge in [0.05, 0.1) is 5.56 Å². The maximum Gasteiger partial charge on any atom is 0.416 e. The summed E-state index contributed by atoms with van der Waals surface area (Å²) in [6.07, 6.45) is -3.76. The van der Waals surface area contributed by atoms with E-state index in [0.29, 0.717) is 18.9 Å². The molecular formula is C13H14F4N2. The van der Waals surface area contributed by atoms with Gasteiger partial charge in [-0.2, -0.15) is 13.2 Å². The molecule has 19 heavy (non-hydrogen) atoms. The summed E-state index contributed by atoms with van der Waals surface area (Å²) in [6, 6.07) is 1.58. The lowest BCUT2D eigenvalue weighted by atomic mass is 9.99. The fourth-order valence-corrected chi connectivity index (χ4v) is 1.66. The molecule has 0 amide bonds. The van der Waals surface area contributed by atoms with Crippen LogP contribution in [0.3, 0.4) is 0 Å². The lowest BCUT2D eigenvalue weighted by Crippen LogP contribution is -2.29. The van der Waals surface area contributed by atoms with Crippen LogP contribution in [-0.4, -0.2) is 0 Å². The number of hydrogen-bond donors (Lipinski definition) is 2. The molecule has 0 aromatic heterocycles. The quantitative estimate of drug-likeness (QED) is 0.383. The van der Waals surface area contributed by atoms with E-state index in [0.717, 1.165) is 12.1 Å². The van der Waals surface area contributed by atoms with Crippen molar-refractivity contribution in [1.82, 2.24) is 5.43 Å². The van der Waals surface area contributed by atoms with Crippen molar-refractivity contribution < 1.29 is 17.6 Å².